The van der Waals surface area contributed by atoms with E-state index in [-0.39, 0.29) is 43.6 Å². The van der Waals surface area contributed by atoms with E-state index in [4.69, 9.17) is 16.3 Å². The zero-order valence-electron chi connectivity index (χ0n) is 15.5. The number of benzene rings is 1. The minimum atomic E-state index is -4.16. The molecule has 1 aromatic rings. The molecule has 7 heteroatoms. The number of hydrogen-bond acceptors (Lipinski definition) is 2. The van der Waals surface area contributed by atoms with Gasteiger partial charge in [0.25, 0.3) is 0 Å². The number of carbonyl (C=O) groups excluding carboxylic acids is 1. The van der Waals surface area contributed by atoms with Gasteiger partial charge in [-0.05, 0) is 76.1 Å². The summed E-state index contributed by atoms with van der Waals surface area (Å²) in [5.74, 6) is -1.13. The number of alkyl halides is 3. The molecule has 2 fully saturated rings. The first-order chi connectivity index (χ1) is 12.6. The molecule has 0 atom stereocenters. The van der Waals surface area contributed by atoms with Gasteiger partial charge < -0.3 is 10.1 Å². The van der Waals surface area contributed by atoms with Gasteiger partial charge in [-0.3, -0.25) is 4.79 Å². The Hall–Kier alpha value is -1.43. The highest BCUT2D eigenvalue weighted by Gasteiger charge is 2.48. The zero-order valence-corrected chi connectivity index (χ0v) is 16.3. The molecule has 0 saturated heterocycles. The normalized spacial score (nSPS) is 24.6. The SMILES string of the molecule is CC(C)Oc1cc(Cl)cc(C2(NC(=O)C3CCC(C(F)(F)F)CC3)CC2)c1. The van der Waals surface area contributed by atoms with Crippen molar-refractivity contribution >= 4 is 17.5 Å². The van der Waals surface area contributed by atoms with Gasteiger partial charge in [0.1, 0.15) is 5.75 Å². The molecule has 3 rings (SSSR count). The van der Waals surface area contributed by atoms with E-state index in [0.29, 0.717) is 10.8 Å². The zero-order chi connectivity index (χ0) is 19.8. The first kappa shape index (κ1) is 20.3. The smallest absolute Gasteiger partial charge is 0.391 e. The second-order valence-electron chi connectivity index (χ2n) is 8.00. The van der Waals surface area contributed by atoms with Gasteiger partial charge in [-0.2, -0.15) is 13.2 Å². The molecule has 2 aliphatic rings. The van der Waals surface area contributed by atoms with E-state index in [1.807, 2.05) is 26.0 Å². The van der Waals surface area contributed by atoms with Crippen LogP contribution in [0.5, 0.6) is 5.75 Å². The summed E-state index contributed by atoms with van der Waals surface area (Å²) in [6.45, 7) is 3.85. The third-order valence-corrected chi connectivity index (χ3v) is 5.69. The molecule has 1 aromatic carbocycles. The molecule has 1 amide bonds. The average Bonchev–Trinajstić information content (AvgIpc) is 3.34. The number of rotatable bonds is 5. The van der Waals surface area contributed by atoms with Crippen LogP contribution in [0.15, 0.2) is 18.2 Å². The topological polar surface area (TPSA) is 38.3 Å². The van der Waals surface area contributed by atoms with Gasteiger partial charge in [0.05, 0.1) is 17.6 Å². The van der Waals surface area contributed by atoms with Crippen molar-refractivity contribution in [1.29, 1.82) is 0 Å². The largest absolute Gasteiger partial charge is 0.491 e. The lowest BCUT2D eigenvalue weighted by Crippen LogP contribution is -2.41. The molecule has 2 saturated carbocycles. The van der Waals surface area contributed by atoms with E-state index < -0.39 is 17.6 Å². The number of amides is 1. The van der Waals surface area contributed by atoms with Crippen LogP contribution < -0.4 is 10.1 Å². The van der Waals surface area contributed by atoms with Gasteiger partial charge in [0.15, 0.2) is 0 Å². The third kappa shape index (κ3) is 4.89. The predicted molar refractivity (Wildman–Crippen MR) is 97.8 cm³/mol. The minimum Gasteiger partial charge on any atom is -0.491 e. The molecule has 1 N–H and O–H groups in total. The maximum absolute atomic E-state index is 12.8. The fourth-order valence-corrected chi connectivity index (χ4v) is 4.04. The molecule has 0 aromatic heterocycles. The molecule has 27 heavy (non-hydrogen) atoms. The summed E-state index contributed by atoms with van der Waals surface area (Å²) < 4.78 is 44.2. The fraction of sp³-hybridized carbons (Fsp3) is 0.650. The van der Waals surface area contributed by atoms with Crippen LogP contribution in [0.1, 0.15) is 57.9 Å². The van der Waals surface area contributed by atoms with Crippen LogP contribution >= 0.6 is 11.6 Å². The van der Waals surface area contributed by atoms with Crippen molar-refractivity contribution in [3.05, 3.63) is 28.8 Å². The summed E-state index contributed by atoms with van der Waals surface area (Å²) in [5, 5.41) is 3.62. The third-order valence-electron chi connectivity index (χ3n) is 5.47. The summed E-state index contributed by atoms with van der Waals surface area (Å²) in [6.07, 6.45) is -1.96. The second kappa shape index (κ2) is 7.53. The van der Waals surface area contributed by atoms with Gasteiger partial charge in [-0.1, -0.05) is 11.6 Å². The fourth-order valence-electron chi connectivity index (χ4n) is 3.81. The highest BCUT2D eigenvalue weighted by Crippen LogP contribution is 2.48. The van der Waals surface area contributed by atoms with Gasteiger partial charge in [-0.15, -0.1) is 0 Å². The lowest BCUT2D eigenvalue weighted by atomic mass is 9.81. The quantitative estimate of drug-likeness (QED) is 0.694. The lowest BCUT2D eigenvalue weighted by Gasteiger charge is -2.30. The second-order valence-corrected chi connectivity index (χ2v) is 8.44. The first-order valence-electron chi connectivity index (χ1n) is 9.45. The summed E-state index contributed by atoms with van der Waals surface area (Å²) in [7, 11) is 0. The monoisotopic (exact) mass is 403 g/mol. The molecule has 0 unspecified atom stereocenters. The molecule has 0 bridgehead atoms. The van der Waals surface area contributed by atoms with Crippen molar-refractivity contribution in [3.8, 4) is 5.75 Å². The summed E-state index contributed by atoms with van der Waals surface area (Å²) in [6, 6.07) is 5.45. The van der Waals surface area contributed by atoms with Crippen molar-refractivity contribution in [2.45, 2.75) is 70.2 Å². The van der Waals surface area contributed by atoms with Crippen molar-refractivity contribution in [3.63, 3.8) is 0 Å². The van der Waals surface area contributed by atoms with Crippen molar-refractivity contribution in [1.82, 2.24) is 5.32 Å². The Morgan fingerprint density at radius 1 is 1.19 bits per heavy atom. The maximum atomic E-state index is 12.8. The number of ether oxygens (including phenoxy) is 1. The molecule has 0 radical (unpaired) electrons. The van der Waals surface area contributed by atoms with Crippen LogP contribution in [-0.2, 0) is 10.3 Å². The van der Waals surface area contributed by atoms with Crippen LogP contribution in [0, 0.1) is 11.8 Å². The summed E-state index contributed by atoms with van der Waals surface area (Å²) in [5.41, 5.74) is 0.417. The Morgan fingerprint density at radius 2 is 1.81 bits per heavy atom. The van der Waals surface area contributed by atoms with E-state index in [9.17, 15) is 18.0 Å². The van der Waals surface area contributed by atoms with Crippen LogP contribution in [0.25, 0.3) is 0 Å². The maximum Gasteiger partial charge on any atom is 0.391 e. The predicted octanol–water partition coefficient (Wildman–Crippen LogP) is 5.60. The number of hydrogen-bond donors (Lipinski definition) is 1. The Kier molecular flexibility index (Phi) is 5.67. The van der Waals surface area contributed by atoms with Gasteiger partial charge in [-0.25, -0.2) is 0 Å². The van der Waals surface area contributed by atoms with Crippen molar-refractivity contribution < 1.29 is 22.7 Å². The summed E-state index contributed by atoms with van der Waals surface area (Å²) >= 11 is 6.21. The Balaban J connectivity index is 1.66. The van der Waals surface area contributed by atoms with E-state index in [1.165, 1.54) is 0 Å². The minimum absolute atomic E-state index is 0.00452. The standard InChI is InChI=1S/C20H25ClF3NO2/c1-12(2)27-17-10-15(9-16(21)11-17)19(7-8-19)25-18(26)13-3-5-14(6-4-13)20(22,23)24/h9-14H,3-8H2,1-2H3,(H,25,26). The van der Waals surface area contributed by atoms with Gasteiger partial charge >= 0.3 is 6.18 Å². The lowest BCUT2D eigenvalue weighted by molar-refractivity contribution is -0.184. The Morgan fingerprint density at radius 3 is 2.33 bits per heavy atom. The molecular formula is C20H25ClF3NO2. The number of halogens is 4. The van der Waals surface area contributed by atoms with Crippen LogP contribution in [0.4, 0.5) is 13.2 Å². The van der Waals surface area contributed by atoms with Crippen LogP contribution in [-0.4, -0.2) is 18.2 Å². The van der Waals surface area contributed by atoms with E-state index >= 15 is 0 Å². The van der Waals surface area contributed by atoms with Crippen molar-refractivity contribution in [2.75, 3.05) is 0 Å². The molecule has 2 aliphatic carbocycles. The van der Waals surface area contributed by atoms with Gasteiger partial charge in [0, 0.05) is 10.9 Å². The van der Waals surface area contributed by atoms with E-state index in [0.717, 1.165) is 18.4 Å². The highest BCUT2D eigenvalue weighted by molar-refractivity contribution is 6.30. The highest BCUT2D eigenvalue weighted by atomic mass is 35.5. The van der Waals surface area contributed by atoms with Crippen LogP contribution in [0.2, 0.25) is 5.02 Å². The Bertz CT molecular complexity index is 693. The molecule has 150 valence electrons. The molecular weight excluding hydrogens is 379 g/mol. The molecule has 0 aliphatic heterocycles. The molecule has 0 spiro atoms. The van der Waals surface area contributed by atoms with E-state index in [2.05, 4.69) is 5.32 Å². The summed E-state index contributed by atoms with van der Waals surface area (Å²) in [4.78, 5) is 12.7. The van der Waals surface area contributed by atoms with Gasteiger partial charge in [0.2, 0.25) is 5.91 Å². The van der Waals surface area contributed by atoms with Crippen LogP contribution in [0.3, 0.4) is 0 Å². The Labute approximate surface area is 162 Å². The van der Waals surface area contributed by atoms with Crippen molar-refractivity contribution in [2.24, 2.45) is 11.8 Å². The number of carbonyl (C=O) groups is 1. The average molecular weight is 404 g/mol. The number of nitrogens with one attached hydrogen (secondary N) is 1. The molecule has 0 heterocycles. The van der Waals surface area contributed by atoms with E-state index in [1.54, 1.807) is 6.07 Å². The first-order valence-corrected chi connectivity index (χ1v) is 9.83. The molecule has 3 nitrogen and oxygen atoms in total.